The van der Waals surface area contributed by atoms with Gasteiger partial charge in [-0.1, -0.05) is 19.8 Å². The van der Waals surface area contributed by atoms with Gasteiger partial charge in [-0.3, -0.25) is 9.78 Å². The molecule has 0 saturated heterocycles. The van der Waals surface area contributed by atoms with E-state index >= 15 is 0 Å². The number of aryl methyl sites for hydroxylation is 1. The minimum Gasteiger partial charge on any atom is -0.480 e. The summed E-state index contributed by atoms with van der Waals surface area (Å²) < 4.78 is 26.2. The smallest absolute Gasteiger partial charge is 0.321 e. The number of nitrogens with one attached hydrogen (secondary N) is 1. The normalized spacial score (nSPS) is 13.2. The molecule has 19 heavy (non-hydrogen) atoms. The van der Waals surface area contributed by atoms with Crippen molar-refractivity contribution in [2.45, 2.75) is 44.0 Å². The number of pyridine rings is 1. The molecule has 1 heterocycles. The van der Waals surface area contributed by atoms with Crippen molar-refractivity contribution >= 4 is 16.0 Å². The van der Waals surface area contributed by atoms with Crippen LogP contribution in [0.5, 0.6) is 0 Å². The summed E-state index contributed by atoms with van der Waals surface area (Å²) in [4.78, 5) is 14.9. The maximum Gasteiger partial charge on any atom is 0.321 e. The van der Waals surface area contributed by atoms with E-state index in [2.05, 4.69) is 9.71 Å². The van der Waals surface area contributed by atoms with E-state index in [1.807, 2.05) is 6.92 Å². The second-order valence-electron chi connectivity index (χ2n) is 4.29. The minimum absolute atomic E-state index is 0.0270. The lowest BCUT2D eigenvalue weighted by Crippen LogP contribution is -2.40. The predicted molar refractivity (Wildman–Crippen MR) is 70.2 cm³/mol. The van der Waals surface area contributed by atoms with Gasteiger partial charge >= 0.3 is 5.97 Å². The molecule has 0 aliphatic heterocycles. The van der Waals surface area contributed by atoms with E-state index in [1.54, 1.807) is 13.0 Å². The lowest BCUT2D eigenvalue weighted by Gasteiger charge is -2.14. The molecule has 0 radical (unpaired) electrons. The molecule has 2 N–H and O–H groups in total. The Morgan fingerprint density at radius 1 is 1.47 bits per heavy atom. The average molecular weight is 286 g/mol. The second-order valence-corrected chi connectivity index (χ2v) is 6.00. The molecule has 0 saturated carbocycles. The van der Waals surface area contributed by atoms with Crippen LogP contribution in [0.15, 0.2) is 23.2 Å². The van der Waals surface area contributed by atoms with Crippen molar-refractivity contribution < 1.29 is 18.3 Å². The highest BCUT2D eigenvalue weighted by Crippen LogP contribution is 2.10. The maximum atomic E-state index is 12.0. The first-order chi connectivity index (χ1) is 8.86. The zero-order valence-corrected chi connectivity index (χ0v) is 11.8. The zero-order chi connectivity index (χ0) is 14.5. The Hall–Kier alpha value is -1.47. The van der Waals surface area contributed by atoms with Gasteiger partial charge in [-0.25, -0.2) is 8.42 Å². The molecule has 0 spiro atoms. The Kier molecular flexibility index (Phi) is 5.44. The molecule has 1 aromatic heterocycles. The van der Waals surface area contributed by atoms with E-state index in [0.717, 1.165) is 6.42 Å². The third kappa shape index (κ3) is 4.60. The number of carbonyl (C=O) groups is 1. The van der Waals surface area contributed by atoms with Crippen molar-refractivity contribution in [2.24, 2.45) is 0 Å². The Morgan fingerprint density at radius 2 is 2.16 bits per heavy atom. The molecule has 0 aliphatic carbocycles. The van der Waals surface area contributed by atoms with E-state index in [-0.39, 0.29) is 11.3 Å². The van der Waals surface area contributed by atoms with E-state index in [4.69, 9.17) is 5.11 Å². The summed E-state index contributed by atoms with van der Waals surface area (Å²) in [5.74, 6) is -1.17. The molecule has 1 unspecified atom stereocenters. The van der Waals surface area contributed by atoms with Crippen LogP contribution in [0.25, 0.3) is 0 Å². The van der Waals surface area contributed by atoms with Gasteiger partial charge in [0, 0.05) is 11.9 Å². The number of unbranched alkanes of at least 4 members (excludes halogenated alkanes) is 1. The highest BCUT2D eigenvalue weighted by atomic mass is 32.2. The SMILES string of the molecule is CCCCC(NS(=O)(=O)c1ccc(C)nc1)C(=O)O. The molecular weight excluding hydrogens is 268 g/mol. The lowest BCUT2D eigenvalue weighted by atomic mass is 10.1. The van der Waals surface area contributed by atoms with E-state index < -0.39 is 22.0 Å². The molecule has 0 aromatic carbocycles. The molecule has 0 bridgehead atoms. The van der Waals surface area contributed by atoms with Crippen LogP contribution in [-0.2, 0) is 14.8 Å². The summed E-state index contributed by atoms with van der Waals surface area (Å²) in [6.45, 7) is 3.66. The van der Waals surface area contributed by atoms with Crippen molar-refractivity contribution in [3.05, 3.63) is 24.0 Å². The molecule has 0 amide bonds. The Labute approximate surface area is 112 Å². The van der Waals surface area contributed by atoms with Gasteiger partial charge in [-0.05, 0) is 25.5 Å². The van der Waals surface area contributed by atoms with Gasteiger partial charge in [0.05, 0.1) is 0 Å². The van der Waals surface area contributed by atoms with Crippen molar-refractivity contribution in [1.29, 1.82) is 0 Å². The highest BCUT2D eigenvalue weighted by molar-refractivity contribution is 7.89. The molecule has 1 aromatic rings. The number of rotatable bonds is 7. The summed E-state index contributed by atoms with van der Waals surface area (Å²) in [5, 5.41) is 9.01. The predicted octanol–water partition coefficient (Wildman–Crippen LogP) is 1.31. The quantitative estimate of drug-likeness (QED) is 0.787. The molecule has 7 heteroatoms. The van der Waals surface area contributed by atoms with Crippen LogP contribution in [0.3, 0.4) is 0 Å². The monoisotopic (exact) mass is 286 g/mol. The number of carboxylic acid groups (broad SMARTS) is 1. The summed E-state index contributed by atoms with van der Waals surface area (Å²) in [7, 11) is -3.85. The van der Waals surface area contributed by atoms with Gasteiger partial charge in [0.1, 0.15) is 10.9 Å². The molecule has 1 rings (SSSR count). The van der Waals surface area contributed by atoms with Gasteiger partial charge in [0.2, 0.25) is 10.0 Å². The molecule has 106 valence electrons. The van der Waals surface area contributed by atoms with Crippen LogP contribution in [-0.4, -0.2) is 30.5 Å². The maximum absolute atomic E-state index is 12.0. The fourth-order valence-corrected chi connectivity index (χ4v) is 2.68. The van der Waals surface area contributed by atoms with Crippen LogP contribution < -0.4 is 4.72 Å². The van der Waals surface area contributed by atoms with Crippen LogP contribution in [0.2, 0.25) is 0 Å². The first kappa shape index (κ1) is 15.6. The molecule has 0 aliphatic rings. The Morgan fingerprint density at radius 3 is 2.63 bits per heavy atom. The second kappa shape index (κ2) is 6.63. The molecule has 0 fully saturated rings. The lowest BCUT2D eigenvalue weighted by molar-refractivity contribution is -0.139. The molecular formula is C12H18N2O4S. The van der Waals surface area contributed by atoms with Gasteiger partial charge in [-0.15, -0.1) is 0 Å². The largest absolute Gasteiger partial charge is 0.480 e. The van der Waals surface area contributed by atoms with E-state index in [1.165, 1.54) is 12.3 Å². The fourth-order valence-electron chi connectivity index (χ4n) is 1.51. The number of sulfonamides is 1. The van der Waals surface area contributed by atoms with Crippen molar-refractivity contribution in [2.75, 3.05) is 0 Å². The zero-order valence-electron chi connectivity index (χ0n) is 11.0. The summed E-state index contributed by atoms with van der Waals surface area (Å²) in [5.41, 5.74) is 0.694. The number of aliphatic carboxylic acids is 1. The first-order valence-electron chi connectivity index (χ1n) is 6.04. The van der Waals surface area contributed by atoms with E-state index in [9.17, 15) is 13.2 Å². The van der Waals surface area contributed by atoms with Crippen molar-refractivity contribution in [3.63, 3.8) is 0 Å². The highest BCUT2D eigenvalue weighted by Gasteiger charge is 2.24. The van der Waals surface area contributed by atoms with Gasteiger partial charge in [0.25, 0.3) is 0 Å². The number of carboxylic acids is 1. The van der Waals surface area contributed by atoms with Gasteiger partial charge in [0.15, 0.2) is 0 Å². The van der Waals surface area contributed by atoms with Crippen LogP contribution in [0, 0.1) is 6.92 Å². The number of hydrogen-bond donors (Lipinski definition) is 2. The Bertz CT molecular complexity index is 525. The average Bonchev–Trinajstić information content (AvgIpc) is 2.34. The van der Waals surface area contributed by atoms with Crippen LogP contribution in [0.1, 0.15) is 31.9 Å². The number of aromatic nitrogens is 1. The topological polar surface area (TPSA) is 96.4 Å². The van der Waals surface area contributed by atoms with Gasteiger partial charge in [-0.2, -0.15) is 4.72 Å². The number of hydrogen-bond acceptors (Lipinski definition) is 4. The van der Waals surface area contributed by atoms with Crippen LogP contribution >= 0.6 is 0 Å². The van der Waals surface area contributed by atoms with Crippen LogP contribution in [0.4, 0.5) is 0 Å². The standard InChI is InChI=1S/C12H18N2O4S/c1-3-4-5-11(12(15)16)14-19(17,18)10-7-6-9(2)13-8-10/h6-8,11,14H,3-5H2,1-2H3,(H,15,16). The Balaban J connectivity index is 2.87. The minimum atomic E-state index is -3.85. The fraction of sp³-hybridized carbons (Fsp3) is 0.500. The number of nitrogens with zero attached hydrogens (tertiary/aromatic N) is 1. The van der Waals surface area contributed by atoms with Crippen molar-refractivity contribution in [1.82, 2.24) is 9.71 Å². The van der Waals surface area contributed by atoms with E-state index in [0.29, 0.717) is 12.1 Å². The first-order valence-corrected chi connectivity index (χ1v) is 7.53. The third-order valence-electron chi connectivity index (χ3n) is 2.64. The third-order valence-corrected chi connectivity index (χ3v) is 4.09. The molecule has 1 atom stereocenters. The van der Waals surface area contributed by atoms with Gasteiger partial charge < -0.3 is 5.11 Å². The summed E-state index contributed by atoms with van der Waals surface area (Å²) >= 11 is 0. The summed E-state index contributed by atoms with van der Waals surface area (Å²) in [6, 6.07) is 1.87. The molecule has 6 nitrogen and oxygen atoms in total. The summed E-state index contributed by atoms with van der Waals surface area (Å²) in [6.07, 6.45) is 2.93. The van der Waals surface area contributed by atoms with Crippen molar-refractivity contribution in [3.8, 4) is 0 Å².